The van der Waals surface area contributed by atoms with Gasteiger partial charge in [-0.3, -0.25) is 4.79 Å². The number of benzene rings is 1. The zero-order valence-electron chi connectivity index (χ0n) is 13.7. The van der Waals surface area contributed by atoms with Crippen LogP contribution in [0.1, 0.15) is 39.0 Å². The first-order chi connectivity index (χ1) is 11.4. The number of hydrogen-bond donors (Lipinski definition) is 2. The van der Waals surface area contributed by atoms with E-state index in [1.807, 2.05) is 0 Å². The third kappa shape index (κ3) is 5.42. The van der Waals surface area contributed by atoms with Crippen LogP contribution in [0.25, 0.3) is 0 Å². The van der Waals surface area contributed by atoms with E-state index in [0.717, 1.165) is 43.5 Å². The highest BCUT2D eigenvalue weighted by Gasteiger charge is 2.21. The fourth-order valence-electron chi connectivity index (χ4n) is 2.60. The lowest BCUT2D eigenvalue weighted by atomic mass is 9.97. The van der Waals surface area contributed by atoms with E-state index in [4.69, 9.17) is 0 Å². The molecule has 0 unspecified atom stereocenters. The summed E-state index contributed by atoms with van der Waals surface area (Å²) < 4.78 is 39.5. The van der Waals surface area contributed by atoms with Crippen LogP contribution in [0.4, 0.5) is 4.39 Å². The van der Waals surface area contributed by atoms with Gasteiger partial charge >= 0.3 is 0 Å². The Morgan fingerprint density at radius 2 is 1.96 bits per heavy atom. The molecular formula is C17H23FN2O3S. The third-order valence-electron chi connectivity index (χ3n) is 3.98. The van der Waals surface area contributed by atoms with E-state index in [-0.39, 0.29) is 10.8 Å². The maximum absolute atomic E-state index is 12.9. The molecule has 1 amide bonds. The van der Waals surface area contributed by atoms with E-state index in [1.165, 1.54) is 25.3 Å². The van der Waals surface area contributed by atoms with Gasteiger partial charge in [0, 0.05) is 6.54 Å². The van der Waals surface area contributed by atoms with Gasteiger partial charge in [-0.25, -0.2) is 12.8 Å². The second kappa shape index (κ2) is 8.39. The van der Waals surface area contributed by atoms with Crippen LogP contribution in [0.3, 0.4) is 0 Å². The predicted octanol–water partition coefficient (Wildman–Crippen LogP) is 2.50. The molecule has 1 aromatic carbocycles. The molecule has 5 nitrogen and oxygen atoms in total. The van der Waals surface area contributed by atoms with Crippen LogP contribution in [0.2, 0.25) is 0 Å². The number of rotatable bonds is 7. The first-order valence-electron chi connectivity index (χ1n) is 8.12. The van der Waals surface area contributed by atoms with Crippen LogP contribution < -0.4 is 10.0 Å². The zero-order chi connectivity index (χ0) is 17.6. The summed E-state index contributed by atoms with van der Waals surface area (Å²) in [6.45, 7) is 1.98. The average Bonchev–Trinajstić information content (AvgIpc) is 2.55. The van der Waals surface area contributed by atoms with Gasteiger partial charge in [0.2, 0.25) is 15.9 Å². The van der Waals surface area contributed by atoms with Gasteiger partial charge in [-0.1, -0.05) is 11.6 Å². The molecule has 7 heteroatoms. The number of carbonyl (C=O) groups excluding carboxylic acids is 1. The summed E-state index contributed by atoms with van der Waals surface area (Å²) in [6, 6.07) is 3.56. The molecule has 0 saturated heterocycles. The number of allylic oxidation sites excluding steroid dienone is 1. The average molecular weight is 354 g/mol. The third-order valence-corrected chi connectivity index (χ3v) is 5.54. The van der Waals surface area contributed by atoms with E-state index in [9.17, 15) is 17.6 Å². The van der Waals surface area contributed by atoms with E-state index < -0.39 is 21.9 Å². The fourth-order valence-corrected chi connectivity index (χ4v) is 3.80. The molecule has 132 valence electrons. The molecule has 0 aliphatic heterocycles. The Bertz CT molecular complexity index is 699. The minimum Gasteiger partial charge on any atom is -0.354 e. The summed E-state index contributed by atoms with van der Waals surface area (Å²) in [7, 11) is -3.86. The van der Waals surface area contributed by atoms with Crippen LogP contribution in [0.15, 0.2) is 40.8 Å². The molecule has 1 aromatic rings. The van der Waals surface area contributed by atoms with Crippen LogP contribution in [0, 0.1) is 5.82 Å². The molecule has 2 rings (SSSR count). The van der Waals surface area contributed by atoms with Crippen molar-refractivity contribution in [1.82, 2.24) is 10.0 Å². The van der Waals surface area contributed by atoms with Gasteiger partial charge in [0.05, 0.1) is 10.9 Å². The van der Waals surface area contributed by atoms with Crippen molar-refractivity contribution in [3.05, 3.63) is 41.7 Å². The van der Waals surface area contributed by atoms with Gasteiger partial charge in [-0.15, -0.1) is 0 Å². The van der Waals surface area contributed by atoms with Gasteiger partial charge in [-0.2, -0.15) is 4.72 Å². The number of halogens is 1. The molecule has 0 aromatic heterocycles. The monoisotopic (exact) mass is 354 g/mol. The van der Waals surface area contributed by atoms with Crippen LogP contribution in [0.5, 0.6) is 0 Å². The Labute approximate surface area is 142 Å². The first kappa shape index (κ1) is 18.6. The van der Waals surface area contributed by atoms with Crippen molar-refractivity contribution in [3.63, 3.8) is 0 Å². The Balaban J connectivity index is 1.84. The van der Waals surface area contributed by atoms with Crippen LogP contribution in [-0.4, -0.2) is 26.9 Å². The number of amides is 1. The SMILES string of the molecule is C[C@H](NS(=O)(=O)c1ccc(F)cc1)C(=O)NCCC1=CCCCC1. The highest BCUT2D eigenvalue weighted by atomic mass is 32.2. The number of sulfonamides is 1. The molecule has 0 spiro atoms. The summed E-state index contributed by atoms with van der Waals surface area (Å²) in [5.74, 6) is -0.895. The highest BCUT2D eigenvalue weighted by molar-refractivity contribution is 7.89. The van der Waals surface area contributed by atoms with Gasteiger partial charge < -0.3 is 5.32 Å². The maximum atomic E-state index is 12.9. The van der Waals surface area contributed by atoms with Crippen molar-refractivity contribution in [1.29, 1.82) is 0 Å². The molecule has 1 atom stereocenters. The Morgan fingerprint density at radius 3 is 2.58 bits per heavy atom. The van der Waals surface area contributed by atoms with Crippen LogP contribution >= 0.6 is 0 Å². The molecule has 24 heavy (non-hydrogen) atoms. The Morgan fingerprint density at radius 1 is 1.25 bits per heavy atom. The normalized spacial score (nSPS) is 16.3. The van der Waals surface area contributed by atoms with E-state index in [0.29, 0.717) is 6.54 Å². The molecule has 1 aliphatic carbocycles. The van der Waals surface area contributed by atoms with Crippen molar-refractivity contribution in [2.24, 2.45) is 0 Å². The van der Waals surface area contributed by atoms with E-state index >= 15 is 0 Å². The van der Waals surface area contributed by atoms with Crippen molar-refractivity contribution in [2.45, 2.75) is 50.0 Å². The lowest BCUT2D eigenvalue weighted by Gasteiger charge is -2.16. The summed E-state index contributed by atoms with van der Waals surface area (Å²) in [5, 5.41) is 2.75. The van der Waals surface area contributed by atoms with Gasteiger partial charge in [-0.05, 0) is 63.3 Å². The van der Waals surface area contributed by atoms with Gasteiger partial charge in [0.1, 0.15) is 5.82 Å². The Kier molecular flexibility index (Phi) is 6.51. The van der Waals surface area contributed by atoms with Crippen molar-refractivity contribution < 1.29 is 17.6 Å². The number of hydrogen-bond acceptors (Lipinski definition) is 3. The molecule has 2 N–H and O–H groups in total. The molecule has 0 radical (unpaired) electrons. The summed E-state index contributed by atoms with van der Waals surface area (Å²) >= 11 is 0. The Hall–Kier alpha value is -1.73. The standard InChI is InChI=1S/C17H23FN2O3S/c1-13(17(21)19-12-11-14-5-3-2-4-6-14)20-24(22,23)16-9-7-15(18)8-10-16/h5,7-10,13,20H,2-4,6,11-12H2,1H3,(H,19,21)/t13-/m0/s1. The van der Waals surface area contributed by atoms with Crippen LogP contribution in [-0.2, 0) is 14.8 Å². The van der Waals surface area contributed by atoms with E-state index in [1.54, 1.807) is 0 Å². The quantitative estimate of drug-likeness (QED) is 0.739. The van der Waals surface area contributed by atoms with Gasteiger partial charge in [0.25, 0.3) is 0 Å². The second-order valence-corrected chi connectivity index (χ2v) is 7.66. The largest absolute Gasteiger partial charge is 0.354 e. The summed E-state index contributed by atoms with van der Waals surface area (Å²) in [5.41, 5.74) is 1.35. The summed E-state index contributed by atoms with van der Waals surface area (Å²) in [6.07, 6.45) is 7.59. The lowest BCUT2D eigenvalue weighted by Crippen LogP contribution is -2.45. The minimum atomic E-state index is -3.86. The molecule has 1 aliphatic rings. The minimum absolute atomic E-state index is 0.0732. The highest BCUT2D eigenvalue weighted by Crippen LogP contribution is 2.19. The topological polar surface area (TPSA) is 75.3 Å². The molecule has 0 bridgehead atoms. The number of carbonyl (C=O) groups is 1. The smallest absolute Gasteiger partial charge is 0.241 e. The predicted molar refractivity (Wildman–Crippen MR) is 90.4 cm³/mol. The van der Waals surface area contributed by atoms with Gasteiger partial charge in [0.15, 0.2) is 0 Å². The summed E-state index contributed by atoms with van der Waals surface area (Å²) in [4.78, 5) is 12.0. The molecule has 0 saturated carbocycles. The molecular weight excluding hydrogens is 331 g/mol. The number of nitrogens with one attached hydrogen (secondary N) is 2. The maximum Gasteiger partial charge on any atom is 0.241 e. The molecule has 0 heterocycles. The van der Waals surface area contributed by atoms with E-state index in [2.05, 4.69) is 16.1 Å². The lowest BCUT2D eigenvalue weighted by molar-refractivity contribution is -0.122. The van der Waals surface area contributed by atoms with Crippen molar-refractivity contribution in [3.8, 4) is 0 Å². The van der Waals surface area contributed by atoms with Crippen molar-refractivity contribution in [2.75, 3.05) is 6.54 Å². The first-order valence-corrected chi connectivity index (χ1v) is 9.60. The molecule has 0 fully saturated rings. The zero-order valence-corrected chi connectivity index (χ0v) is 14.5. The second-order valence-electron chi connectivity index (χ2n) is 5.95. The van der Waals surface area contributed by atoms with Crippen molar-refractivity contribution >= 4 is 15.9 Å². The fraction of sp³-hybridized carbons (Fsp3) is 0.471.